The highest BCUT2D eigenvalue weighted by Gasteiger charge is 2.31. The molecule has 2 aromatic carbocycles. The van der Waals surface area contributed by atoms with Crippen molar-refractivity contribution in [2.45, 2.75) is 5.37 Å². The lowest BCUT2D eigenvalue weighted by atomic mass is 10.2. The van der Waals surface area contributed by atoms with E-state index in [0.29, 0.717) is 6.54 Å². The molecule has 1 atom stereocenters. The molecule has 0 bridgehead atoms. The van der Waals surface area contributed by atoms with Gasteiger partial charge in [-0.15, -0.1) is 11.8 Å². The third-order valence-corrected chi connectivity index (χ3v) is 5.37. The number of benzene rings is 2. The van der Waals surface area contributed by atoms with E-state index in [1.54, 1.807) is 11.8 Å². The van der Waals surface area contributed by atoms with Gasteiger partial charge >= 0.3 is 6.03 Å². The Labute approximate surface area is 149 Å². The second-order valence-corrected chi connectivity index (χ2v) is 7.22. The lowest BCUT2D eigenvalue weighted by molar-refractivity contribution is 0.214. The maximum atomic E-state index is 13.7. The van der Waals surface area contributed by atoms with Crippen LogP contribution in [0.25, 0.3) is 0 Å². The zero-order valence-corrected chi connectivity index (χ0v) is 14.6. The summed E-state index contributed by atoms with van der Waals surface area (Å²) >= 11 is 4.94. The molecule has 8 heteroatoms. The van der Waals surface area contributed by atoms with Crippen LogP contribution in [0.15, 0.2) is 40.9 Å². The smallest absolute Gasteiger partial charge is 0.308 e. The van der Waals surface area contributed by atoms with Crippen LogP contribution in [-0.4, -0.2) is 23.2 Å². The van der Waals surface area contributed by atoms with Gasteiger partial charge in [-0.25, -0.2) is 18.0 Å². The Hall–Kier alpha value is -1.67. The van der Waals surface area contributed by atoms with Crippen LogP contribution in [0.4, 0.5) is 23.7 Å². The van der Waals surface area contributed by atoms with Crippen molar-refractivity contribution >= 4 is 39.4 Å². The molecule has 0 spiro atoms. The van der Waals surface area contributed by atoms with Crippen molar-refractivity contribution in [2.75, 3.05) is 17.6 Å². The highest BCUT2D eigenvalue weighted by Crippen LogP contribution is 2.38. The number of amides is 2. The number of rotatable bonds is 2. The summed E-state index contributed by atoms with van der Waals surface area (Å²) < 4.78 is 40.9. The SMILES string of the molecule is O=C(Nc1ccc(F)c(F)c1F)N1CCSC1c1ccc(Br)cc1. The molecule has 2 amide bonds. The van der Waals surface area contributed by atoms with Gasteiger partial charge in [0.2, 0.25) is 0 Å². The third kappa shape index (κ3) is 3.39. The van der Waals surface area contributed by atoms with Crippen molar-refractivity contribution < 1.29 is 18.0 Å². The van der Waals surface area contributed by atoms with Gasteiger partial charge in [0, 0.05) is 16.8 Å². The lowest BCUT2D eigenvalue weighted by Gasteiger charge is -2.24. The predicted octanol–water partition coefficient (Wildman–Crippen LogP) is 5.15. The molecule has 0 aliphatic carbocycles. The van der Waals surface area contributed by atoms with Gasteiger partial charge in [-0.1, -0.05) is 28.1 Å². The van der Waals surface area contributed by atoms with Gasteiger partial charge in [-0.05, 0) is 29.8 Å². The van der Waals surface area contributed by atoms with E-state index in [1.165, 1.54) is 4.90 Å². The second-order valence-electron chi connectivity index (χ2n) is 5.12. The van der Waals surface area contributed by atoms with E-state index >= 15 is 0 Å². The number of carbonyl (C=O) groups is 1. The maximum Gasteiger partial charge on any atom is 0.323 e. The number of nitrogens with one attached hydrogen (secondary N) is 1. The highest BCUT2D eigenvalue weighted by atomic mass is 79.9. The third-order valence-electron chi connectivity index (χ3n) is 3.58. The van der Waals surface area contributed by atoms with Crippen LogP contribution in [0.3, 0.4) is 0 Å². The molecule has 24 heavy (non-hydrogen) atoms. The number of thioether (sulfide) groups is 1. The van der Waals surface area contributed by atoms with E-state index in [-0.39, 0.29) is 11.1 Å². The molecule has 2 aromatic rings. The first kappa shape index (κ1) is 17.2. The Morgan fingerprint density at radius 2 is 1.83 bits per heavy atom. The minimum absolute atomic E-state index is 0.216. The summed E-state index contributed by atoms with van der Waals surface area (Å²) in [5, 5.41) is 2.10. The molecule has 3 rings (SSSR count). The van der Waals surface area contributed by atoms with Crippen LogP contribution in [0.5, 0.6) is 0 Å². The summed E-state index contributed by atoms with van der Waals surface area (Å²) in [6, 6.07) is 8.76. The number of nitrogens with zero attached hydrogens (tertiary/aromatic N) is 1. The van der Waals surface area contributed by atoms with E-state index in [1.807, 2.05) is 24.3 Å². The number of halogens is 4. The molecule has 1 aliphatic rings. The topological polar surface area (TPSA) is 32.3 Å². The summed E-state index contributed by atoms with van der Waals surface area (Å²) in [5.74, 6) is -3.58. The molecule has 1 aliphatic heterocycles. The average Bonchev–Trinajstić information content (AvgIpc) is 3.06. The minimum Gasteiger partial charge on any atom is -0.308 e. The van der Waals surface area contributed by atoms with Gasteiger partial charge < -0.3 is 10.2 Å². The quantitative estimate of drug-likeness (QED) is 0.686. The Morgan fingerprint density at radius 1 is 1.12 bits per heavy atom. The molecule has 0 saturated carbocycles. The average molecular weight is 417 g/mol. The molecule has 1 unspecified atom stereocenters. The molecule has 0 aromatic heterocycles. The van der Waals surface area contributed by atoms with Crippen molar-refractivity contribution in [3.05, 3.63) is 63.9 Å². The van der Waals surface area contributed by atoms with Crippen LogP contribution < -0.4 is 5.32 Å². The van der Waals surface area contributed by atoms with Gasteiger partial charge in [-0.3, -0.25) is 0 Å². The summed E-state index contributed by atoms with van der Waals surface area (Å²) in [7, 11) is 0. The zero-order chi connectivity index (χ0) is 17.3. The highest BCUT2D eigenvalue weighted by molar-refractivity contribution is 9.10. The fourth-order valence-corrected chi connectivity index (χ4v) is 3.91. The van der Waals surface area contributed by atoms with Crippen molar-refractivity contribution in [3.8, 4) is 0 Å². The number of urea groups is 1. The predicted molar refractivity (Wildman–Crippen MR) is 91.4 cm³/mol. The van der Waals surface area contributed by atoms with Gasteiger partial charge in [0.25, 0.3) is 0 Å². The Morgan fingerprint density at radius 3 is 2.54 bits per heavy atom. The second kappa shape index (κ2) is 7.06. The van der Waals surface area contributed by atoms with E-state index < -0.39 is 23.5 Å². The van der Waals surface area contributed by atoms with E-state index in [9.17, 15) is 18.0 Å². The number of hydrogen-bond acceptors (Lipinski definition) is 2. The molecule has 1 N–H and O–H groups in total. The molecule has 3 nitrogen and oxygen atoms in total. The zero-order valence-electron chi connectivity index (χ0n) is 12.2. The van der Waals surface area contributed by atoms with Gasteiger partial charge in [0.15, 0.2) is 17.5 Å². The summed E-state index contributed by atoms with van der Waals surface area (Å²) in [6.07, 6.45) is 0. The Kier molecular flexibility index (Phi) is 5.05. The molecular weight excluding hydrogens is 405 g/mol. The largest absolute Gasteiger partial charge is 0.323 e. The van der Waals surface area contributed by atoms with E-state index in [4.69, 9.17) is 0 Å². The van der Waals surface area contributed by atoms with Crippen molar-refractivity contribution in [1.29, 1.82) is 0 Å². The first-order valence-electron chi connectivity index (χ1n) is 7.05. The molecule has 1 fully saturated rings. The first-order valence-corrected chi connectivity index (χ1v) is 8.89. The fourth-order valence-electron chi connectivity index (χ4n) is 2.39. The molecule has 0 radical (unpaired) electrons. The number of anilines is 1. The van der Waals surface area contributed by atoms with E-state index in [0.717, 1.165) is 27.9 Å². The van der Waals surface area contributed by atoms with Gasteiger partial charge in [0.05, 0.1) is 5.69 Å². The van der Waals surface area contributed by atoms with Crippen molar-refractivity contribution in [1.82, 2.24) is 4.90 Å². The van der Waals surface area contributed by atoms with Crippen LogP contribution in [0, 0.1) is 17.5 Å². The van der Waals surface area contributed by atoms with E-state index in [2.05, 4.69) is 21.2 Å². The number of hydrogen-bond donors (Lipinski definition) is 1. The van der Waals surface area contributed by atoms with Gasteiger partial charge in [0.1, 0.15) is 5.37 Å². The first-order chi connectivity index (χ1) is 11.5. The normalized spacial score (nSPS) is 17.2. The molecule has 126 valence electrons. The molecule has 1 saturated heterocycles. The van der Waals surface area contributed by atoms with Crippen molar-refractivity contribution in [2.24, 2.45) is 0 Å². The van der Waals surface area contributed by atoms with Crippen LogP contribution in [-0.2, 0) is 0 Å². The van der Waals surface area contributed by atoms with Crippen LogP contribution in [0.2, 0.25) is 0 Å². The summed E-state index contributed by atoms with van der Waals surface area (Å²) in [6.45, 7) is 0.475. The Balaban J connectivity index is 1.79. The Bertz CT molecular complexity index is 773. The summed E-state index contributed by atoms with van der Waals surface area (Å²) in [5.41, 5.74) is 0.548. The minimum atomic E-state index is -1.60. The van der Waals surface area contributed by atoms with Crippen LogP contribution >= 0.6 is 27.7 Å². The van der Waals surface area contributed by atoms with Crippen LogP contribution in [0.1, 0.15) is 10.9 Å². The monoisotopic (exact) mass is 416 g/mol. The molecule has 1 heterocycles. The number of carbonyl (C=O) groups excluding carboxylic acids is 1. The van der Waals surface area contributed by atoms with Gasteiger partial charge in [-0.2, -0.15) is 0 Å². The standard InChI is InChI=1S/C16H12BrF3N2OS/c17-10-3-1-9(2-4-10)15-22(7-8-24-15)16(23)21-12-6-5-11(18)13(19)14(12)20/h1-6,15H,7-8H2,(H,21,23). The molecular formula is C16H12BrF3N2OS. The lowest BCUT2D eigenvalue weighted by Crippen LogP contribution is -2.34. The summed E-state index contributed by atoms with van der Waals surface area (Å²) in [4.78, 5) is 14.0. The maximum absolute atomic E-state index is 13.7. The fraction of sp³-hybridized carbons (Fsp3) is 0.188. The van der Waals surface area contributed by atoms with Crippen molar-refractivity contribution in [3.63, 3.8) is 0 Å².